The molecule has 0 aromatic heterocycles. The molecule has 1 aromatic carbocycles. The maximum absolute atomic E-state index is 12.4. The van der Waals surface area contributed by atoms with E-state index in [9.17, 15) is 14.4 Å². The van der Waals surface area contributed by atoms with Crippen LogP contribution in [0.1, 0.15) is 38.2 Å². The Morgan fingerprint density at radius 3 is 2.76 bits per heavy atom. The van der Waals surface area contributed by atoms with E-state index in [2.05, 4.69) is 10.6 Å². The van der Waals surface area contributed by atoms with Crippen LogP contribution < -0.4 is 10.6 Å². The van der Waals surface area contributed by atoms with Crippen LogP contribution in [0.15, 0.2) is 24.3 Å². The van der Waals surface area contributed by atoms with Crippen LogP contribution in [0.25, 0.3) is 0 Å². The minimum absolute atomic E-state index is 0.00407. The molecule has 2 aliphatic heterocycles. The average molecular weight is 420 g/mol. The van der Waals surface area contributed by atoms with Gasteiger partial charge in [0, 0.05) is 37.0 Å². The highest BCUT2D eigenvalue weighted by molar-refractivity contribution is 8.00. The molecule has 1 saturated heterocycles. The van der Waals surface area contributed by atoms with E-state index in [1.165, 1.54) is 0 Å². The van der Waals surface area contributed by atoms with E-state index in [1.807, 2.05) is 24.3 Å². The van der Waals surface area contributed by atoms with Gasteiger partial charge in [0.25, 0.3) is 0 Å². The van der Waals surface area contributed by atoms with Crippen molar-refractivity contribution >= 4 is 35.4 Å². The molecular formula is C21H29N3O4S. The summed E-state index contributed by atoms with van der Waals surface area (Å²) in [5.41, 5.74) is 2.06. The molecule has 1 fully saturated rings. The summed E-state index contributed by atoms with van der Waals surface area (Å²) in [5.74, 6) is 0.637. The second-order valence-corrected chi connectivity index (χ2v) is 8.63. The maximum Gasteiger partial charge on any atom is 0.409 e. The number of para-hydroxylation sites is 1. The first-order chi connectivity index (χ1) is 14.1. The summed E-state index contributed by atoms with van der Waals surface area (Å²) in [6.45, 7) is 3.36. The van der Waals surface area contributed by atoms with Crippen molar-refractivity contribution in [1.29, 1.82) is 0 Å². The van der Waals surface area contributed by atoms with Gasteiger partial charge in [-0.15, -0.1) is 11.8 Å². The van der Waals surface area contributed by atoms with E-state index in [1.54, 1.807) is 23.6 Å². The minimum atomic E-state index is -0.280. The number of hydrogen-bond acceptors (Lipinski definition) is 5. The monoisotopic (exact) mass is 419 g/mol. The summed E-state index contributed by atoms with van der Waals surface area (Å²) >= 11 is 1.55. The van der Waals surface area contributed by atoms with Crippen molar-refractivity contribution < 1.29 is 19.1 Å². The van der Waals surface area contributed by atoms with Gasteiger partial charge in [-0.1, -0.05) is 18.2 Å². The third kappa shape index (κ3) is 6.13. The predicted molar refractivity (Wildman–Crippen MR) is 114 cm³/mol. The van der Waals surface area contributed by atoms with Crippen molar-refractivity contribution in [1.82, 2.24) is 10.2 Å². The van der Waals surface area contributed by atoms with Gasteiger partial charge in [-0.05, 0) is 44.2 Å². The number of benzene rings is 1. The van der Waals surface area contributed by atoms with Crippen molar-refractivity contribution in [3.05, 3.63) is 29.8 Å². The van der Waals surface area contributed by atoms with Gasteiger partial charge in [0.05, 0.1) is 11.9 Å². The third-order valence-corrected chi connectivity index (χ3v) is 6.57. The molecule has 0 spiro atoms. The Bertz CT molecular complexity index is 734. The first-order valence-corrected chi connectivity index (χ1v) is 11.3. The number of thioether (sulfide) groups is 1. The third-order valence-electron chi connectivity index (χ3n) is 5.28. The van der Waals surface area contributed by atoms with Crippen LogP contribution in [0, 0.1) is 0 Å². The largest absolute Gasteiger partial charge is 0.450 e. The lowest BCUT2D eigenvalue weighted by atomic mass is 10.1. The van der Waals surface area contributed by atoms with E-state index in [-0.39, 0.29) is 29.2 Å². The Hall–Kier alpha value is -2.22. The first kappa shape index (κ1) is 21.5. The van der Waals surface area contributed by atoms with Gasteiger partial charge in [-0.25, -0.2) is 4.79 Å². The predicted octanol–water partition coefficient (Wildman–Crippen LogP) is 2.80. The molecule has 0 aliphatic carbocycles. The van der Waals surface area contributed by atoms with Crippen molar-refractivity contribution in [3.8, 4) is 0 Å². The van der Waals surface area contributed by atoms with Gasteiger partial charge in [0.2, 0.25) is 11.8 Å². The van der Waals surface area contributed by atoms with E-state index in [4.69, 9.17) is 4.74 Å². The highest BCUT2D eigenvalue weighted by Crippen LogP contribution is 2.27. The average Bonchev–Trinajstić information content (AvgIpc) is 2.87. The van der Waals surface area contributed by atoms with Crippen molar-refractivity contribution in [2.24, 2.45) is 0 Å². The number of anilines is 1. The SMILES string of the molecule is CCOC(=O)N1CCC(NC(=O)CCS[C@H]2CCc3ccccc3NC2=O)CC1. The van der Waals surface area contributed by atoms with Gasteiger partial charge in [-0.3, -0.25) is 9.59 Å². The molecule has 3 rings (SSSR count). The Balaban J connectivity index is 1.35. The summed E-state index contributed by atoms with van der Waals surface area (Å²) in [6, 6.07) is 7.98. The number of aryl methyl sites for hydroxylation is 1. The Kier molecular flexibility index (Phi) is 7.80. The second-order valence-electron chi connectivity index (χ2n) is 7.32. The summed E-state index contributed by atoms with van der Waals surface area (Å²) < 4.78 is 5.01. The van der Waals surface area contributed by atoms with Crippen LogP contribution in [0.4, 0.5) is 10.5 Å². The maximum atomic E-state index is 12.4. The van der Waals surface area contributed by atoms with E-state index in [0.717, 1.165) is 36.9 Å². The zero-order valence-electron chi connectivity index (χ0n) is 16.8. The number of amides is 3. The number of fused-ring (bicyclic) bond motifs is 1. The molecule has 0 radical (unpaired) electrons. The second kappa shape index (κ2) is 10.5. The summed E-state index contributed by atoms with van der Waals surface area (Å²) in [7, 11) is 0. The molecule has 0 bridgehead atoms. The zero-order chi connectivity index (χ0) is 20.6. The van der Waals surface area contributed by atoms with Crippen LogP contribution in [0.2, 0.25) is 0 Å². The molecule has 1 atom stereocenters. The first-order valence-electron chi connectivity index (χ1n) is 10.3. The molecule has 158 valence electrons. The lowest BCUT2D eigenvalue weighted by Crippen LogP contribution is -2.46. The lowest BCUT2D eigenvalue weighted by molar-refractivity contribution is -0.121. The van der Waals surface area contributed by atoms with Crippen LogP contribution in [0.3, 0.4) is 0 Å². The Morgan fingerprint density at radius 2 is 2.00 bits per heavy atom. The fraction of sp³-hybridized carbons (Fsp3) is 0.571. The van der Waals surface area contributed by atoms with Gasteiger partial charge in [-0.2, -0.15) is 0 Å². The molecule has 2 N–H and O–H groups in total. The molecule has 0 unspecified atom stereocenters. The van der Waals surface area contributed by atoms with Crippen molar-refractivity contribution in [2.75, 3.05) is 30.8 Å². The number of ether oxygens (including phenoxy) is 1. The normalized spacial score (nSPS) is 19.7. The molecule has 3 amide bonds. The lowest BCUT2D eigenvalue weighted by Gasteiger charge is -2.31. The van der Waals surface area contributed by atoms with Crippen LogP contribution in [-0.4, -0.2) is 59.5 Å². The van der Waals surface area contributed by atoms with E-state index < -0.39 is 0 Å². The number of nitrogens with zero attached hydrogens (tertiary/aromatic N) is 1. The number of carbonyl (C=O) groups excluding carboxylic acids is 3. The molecule has 29 heavy (non-hydrogen) atoms. The number of nitrogens with one attached hydrogen (secondary N) is 2. The highest BCUT2D eigenvalue weighted by Gasteiger charge is 2.26. The van der Waals surface area contributed by atoms with Crippen LogP contribution in [-0.2, 0) is 20.7 Å². The molecule has 7 nitrogen and oxygen atoms in total. The highest BCUT2D eigenvalue weighted by atomic mass is 32.2. The summed E-state index contributed by atoms with van der Waals surface area (Å²) in [6.07, 6.45) is 3.22. The molecular weight excluding hydrogens is 390 g/mol. The summed E-state index contributed by atoms with van der Waals surface area (Å²) in [5, 5.41) is 5.91. The van der Waals surface area contributed by atoms with Crippen LogP contribution in [0.5, 0.6) is 0 Å². The fourth-order valence-corrected chi connectivity index (χ4v) is 4.75. The van der Waals surface area contributed by atoms with Crippen LogP contribution >= 0.6 is 11.8 Å². The zero-order valence-corrected chi connectivity index (χ0v) is 17.6. The molecule has 8 heteroatoms. The Morgan fingerprint density at radius 1 is 1.24 bits per heavy atom. The molecule has 1 aromatic rings. The van der Waals surface area contributed by atoms with Gasteiger partial charge in [0.15, 0.2) is 0 Å². The number of rotatable bonds is 6. The number of carbonyl (C=O) groups is 3. The topological polar surface area (TPSA) is 87.7 Å². The molecule has 0 saturated carbocycles. The number of likely N-dealkylation sites (tertiary alicyclic amines) is 1. The van der Waals surface area contributed by atoms with E-state index in [0.29, 0.717) is 31.9 Å². The number of piperidine rings is 1. The van der Waals surface area contributed by atoms with E-state index >= 15 is 0 Å². The van der Waals surface area contributed by atoms with Gasteiger partial charge >= 0.3 is 6.09 Å². The fourth-order valence-electron chi connectivity index (χ4n) is 3.67. The van der Waals surface area contributed by atoms with Gasteiger partial charge < -0.3 is 20.3 Å². The smallest absolute Gasteiger partial charge is 0.409 e. The van der Waals surface area contributed by atoms with Gasteiger partial charge in [0.1, 0.15) is 0 Å². The molecule has 2 heterocycles. The van der Waals surface area contributed by atoms with Crippen molar-refractivity contribution in [2.45, 2.75) is 50.3 Å². The quantitative estimate of drug-likeness (QED) is 0.740. The molecule has 2 aliphatic rings. The van der Waals surface area contributed by atoms with Crippen molar-refractivity contribution in [3.63, 3.8) is 0 Å². The Labute approximate surface area is 175 Å². The standard InChI is InChI=1S/C21H29N3O4S/c1-2-28-21(27)24-12-9-16(10-13-24)22-19(25)11-14-29-18-8-7-15-5-3-4-6-17(15)23-20(18)26/h3-6,16,18H,2,7-14H2,1H3,(H,22,25)(H,23,26)/t18-/m0/s1. The minimum Gasteiger partial charge on any atom is -0.450 e. The summed E-state index contributed by atoms with van der Waals surface area (Å²) in [4.78, 5) is 38.1. The number of hydrogen-bond donors (Lipinski definition) is 2.